The van der Waals surface area contributed by atoms with Crippen LogP contribution < -0.4 is 4.74 Å². The Morgan fingerprint density at radius 2 is 1.82 bits per heavy atom. The van der Waals surface area contributed by atoms with E-state index in [2.05, 4.69) is 0 Å². The van der Waals surface area contributed by atoms with Gasteiger partial charge in [-0.05, 0) is 30.7 Å². The van der Waals surface area contributed by atoms with E-state index in [0.29, 0.717) is 17.9 Å². The van der Waals surface area contributed by atoms with Gasteiger partial charge in [-0.3, -0.25) is 9.59 Å². The van der Waals surface area contributed by atoms with Crippen molar-refractivity contribution in [2.45, 2.75) is 19.8 Å². The number of carbonyl (C=O) groups is 2. The maximum absolute atomic E-state index is 11.7. The van der Waals surface area contributed by atoms with Crippen LogP contribution in [0.1, 0.15) is 30.1 Å². The lowest BCUT2D eigenvalue weighted by Crippen LogP contribution is -2.11. The summed E-state index contributed by atoms with van der Waals surface area (Å²) in [6.07, 6.45) is 0.537. The second kappa shape index (κ2) is 6.68. The summed E-state index contributed by atoms with van der Waals surface area (Å²) in [6, 6.07) is 6.64. The number of Topliss-reactive ketones (excluding diaryl/α,β-unsaturated/α-hetero) is 1. The Hall–Kier alpha value is -1.84. The molecule has 0 saturated heterocycles. The topological polar surface area (TPSA) is 52.6 Å². The van der Waals surface area contributed by atoms with Crippen LogP contribution in [-0.2, 0) is 9.53 Å². The minimum Gasteiger partial charge on any atom is -0.497 e. The lowest BCUT2D eigenvalue weighted by molar-refractivity contribution is -0.142. The van der Waals surface area contributed by atoms with Crippen LogP contribution in [0.5, 0.6) is 5.75 Å². The van der Waals surface area contributed by atoms with Crippen molar-refractivity contribution in [1.29, 1.82) is 0 Å². The predicted octanol–water partition coefficient (Wildman–Crippen LogP) is 2.22. The minimum absolute atomic E-state index is 0.216. The highest BCUT2D eigenvalue weighted by Crippen LogP contribution is 2.12. The molecule has 0 heterocycles. The smallest absolute Gasteiger partial charge is 0.313 e. The first-order chi connectivity index (χ1) is 8.17. The molecule has 0 spiro atoms. The van der Waals surface area contributed by atoms with Crippen molar-refractivity contribution in [2.75, 3.05) is 13.7 Å². The average molecular weight is 236 g/mol. The van der Waals surface area contributed by atoms with E-state index in [1.165, 1.54) is 0 Å². The van der Waals surface area contributed by atoms with E-state index < -0.39 is 5.97 Å². The molecule has 0 aliphatic rings. The predicted molar refractivity (Wildman–Crippen MR) is 63.2 cm³/mol. The van der Waals surface area contributed by atoms with Crippen molar-refractivity contribution in [3.8, 4) is 5.75 Å². The molecule has 0 bridgehead atoms. The summed E-state index contributed by atoms with van der Waals surface area (Å²) in [4.78, 5) is 22.9. The molecular formula is C13H16O4. The number of carbonyl (C=O) groups excluding carboxylic acids is 2. The van der Waals surface area contributed by atoms with E-state index in [-0.39, 0.29) is 12.2 Å². The van der Waals surface area contributed by atoms with Crippen LogP contribution in [0.25, 0.3) is 0 Å². The number of rotatable bonds is 6. The Bertz CT molecular complexity index is 381. The van der Waals surface area contributed by atoms with Gasteiger partial charge in [0.15, 0.2) is 5.78 Å². The van der Waals surface area contributed by atoms with E-state index in [9.17, 15) is 9.59 Å². The lowest BCUT2D eigenvalue weighted by atomic mass is 10.1. The molecule has 1 aromatic rings. The molecule has 1 aromatic carbocycles. The van der Waals surface area contributed by atoms with E-state index in [1.807, 2.05) is 6.92 Å². The summed E-state index contributed by atoms with van der Waals surface area (Å²) in [6.45, 7) is 2.26. The summed E-state index contributed by atoms with van der Waals surface area (Å²) < 4.78 is 9.82. The van der Waals surface area contributed by atoms with Crippen LogP contribution in [0.15, 0.2) is 24.3 Å². The second-order valence-electron chi connectivity index (χ2n) is 3.55. The minimum atomic E-state index is -0.479. The third-order valence-electron chi connectivity index (χ3n) is 2.18. The lowest BCUT2D eigenvalue weighted by Gasteiger charge is -2.03. The number of methoxy groups -OCH3 is 1. The molecule has 4 nitrogen and oxygen atoms in total. The fourth-order valence-electron chi connectivity index (χ4n) is 1.28. The average Bonchev–Trinajstić information content (AvgIpc) is 2.36. The van der Waals surface area contributed by atoms with Gasteiger partial charge < -0.3 is 9.47 Å². The first kappa shape index (κ1) is 13.2. The van der Waals surface area contributed by atoms with Gasteiger partial charge in [-0.1, -0.05) is 6.92 Å². The van der Waals surface area contributed by atoms with Crippen molar-refractivity contribution in [1.82, 2.24) is 0 Å². The Kier molecular flexibility index (Phi) is 5.20. The molecule has 1 rings (SSSR count). The first-order valence-electron chi connectivity index (χ1n) is 5.50. The van der Waals surface area contributed by atoms with Crippen molar-refractivity contribution in [3.63, 3.8) is 0 Å². The monoisotopic (exact) mass is 236 g/mol. The normalized spacial score (nSPS) is 9.76. The van der Waals surface area contributed by atoms with Crippen molar-refractivity contribution >= 4 is 11.8 Å². The summed E-state index contributed by atoms with van der Waals surface area (Å²) in [5, 5.41) is 0. The van der Waals surface area contributed by atoms with Crippen LogP contribution in [0.3, 0.4) is 0 Å². The van der Waals surface area contributed by atoms with Gasteiger partial charge in [0.1, 0.15) is 12.2 Å². The highest BCUT2D eigenvalue weighted by molar-refractivity contribution is 6.05. The van der Waals surface area contributed by atoms with Crippen molar-refractivity contribution in [2.24, 2.45) is 0 Å². The zero-order valence-electron chi connectivity index (χ0n) is 10.1. The number of hydrogen-bond acceptors (Lipinski definition) is 4. The fourth-order valence-corrected chi connectivity index (χ4v) is 1.28. The SMILES string of the molecule is CCCOC(=O)CC(=O)c1ccc(OC)cc1. The van der Waals surface area contributed by atoms with Crippen molar-refractivity contribution in [3.05, 3.63) is 29.8 Å². The number of esters is 1. The molecule has 0 radical (unpaired) electrons. The summed E-state index contributed by atoms with van der Waals surface area (Å²) >= 11 is 0. The summed E-state index contributed by atoms with van der Waals surface area (Å²) in [7, 11) is 1.55. The number of benzene rings is 1. The maximum Gasteiger partial charge on any atom is 0.313 e. The van der Waals surface area contributed by atoms with Gasteiger partial charge in [0.2, 0.25) is 0 Å². The molecule has 0 atom stereocenters. The Labute approximate surface area is 101 Å². The molecule has 0 fully saturated rings. The van der Waals surface area contributed by atoms with E-state index >= 15 is 0 Å². The quantitative estimate of drug-likeness (QED) is 0.431. The maximum atomic E-state index is 11.7. The molecule has 0 aromatic heterocycles. The highest BCUT2D eigenvalue weighted by Gasteiger charge is 2.12. The molecule has 0 saturated carbocycles. The highest BCUT2D eigenvalue weighted by atomic mass is 16.5. The summed E-state index contributed by atoms with van der Waals surface area (Å²) in [5.74, 6) is -0.0449. The van der Waals surface area contributed by atoms with Crippen LogP contribution in [0, 0.1) is 0 Å². The van der Waals surface area contributed by atoms with E-state index in [4.69, 9.17) is 9.47 Å². The van der Waals surface area contributed by atoms with Gasteiger partial charge >= 0.3 is 5.97 Å². The van der Waals surface area contributed by atoms with E-state index in [0.717, 1.165) is 6.42 Å². The van der Waals surface area contributed by atoms with Crippen LogP contribution in [0.4, 0.5) is 0 Å². The van der Waals surface area contributed by atoms with Crippen LogP contribution >= 0.6 is 0 Å². The van der Waals surface area contributed by atoms with Crippen LogP contribution in [0.2, 0.25) is 0 Å². The zero-order chi connectivity index (χ0) is 12.7. The molecule has 92 valence electrons. The number of ether oxygens (including phenoxy) is 2. The molecular weight excluding hydrogens is 220 g/mol. The Balaban J connectivity index is 2.54. The Morgan fingerprint density at radius 3 is 2.35 bits per heavy atom. The van der Waals surface area contributed by atoms with Gasteiger partial charge in [-0.25, -0.2) is 0 Å². The standard InChI is InChI=1S/C13H16O4/c1-3-8-17-13(15)9-12(14)10-4-6-11(16-2)7-5-10/h4-7H,3,8-9H2,1-2H3. The zero-order valence-corrected chi connectivity index (χ0v) is 10.1. The number of hydrogen-bond donors (Lipinski definition) is 0. The van der Waals surface area contributed by atoms with Gasteiger partial charge in [0, 0.05) is 5.56 Å². The van der Waals surface area contributed by atoms with Crippen molar-refractivity contribution < 1.29 is 19.1 Å². The summed E-state index contributed by atoms with van der Waals surface area (Å²) in [5.41, 5.74) is 0.485. The molecule has 0 aliphatic heterocycles. The molecule has 17 heavy (non-hydrogen) atoms. The van der Waals surface area contributed by atoms with Gasteiger partial charge in [-0.15, -0.1) is 0 Å². The van der Waals surface area contributed by atoms with E-state index in [1.54, 1.807) is 31.4 Å². The first-order valence-corrected chi connectivity index (χ1v) is 5.50. The van der Waals surface area contributed by atoms with Crippen LogP contribution in [-0.4, -0.2) is 25.5 Å². The molecule has 4 heteroatoms. The molecule has 0 unspecified atom stereocenters. The van der Waals surface area contributed by atoms with Gasteiger partial charge in [0.25, 0.3) is 0 Å². The third-order valence-corrected chi connectivity index (χ3v) is 2.18. The molecule has 0 amide bonds. The number of ketones is 1. The largest absolute Gasteiger partial charge is 0.497 e. The van der Waals surface area contributed by atoms with Gasteiger partial charge in [-0.2, -0.15) is 0 Å². The second-order valence-corrected chi connectivity index (χ2v) is 3.55. The third kappa shape index (κ3) is 4.26. The fraction of sp³-hybridized carbons (Fsp3) is 0.385. The Morgan fingerprint density at radius 1 is 1.18 bits per heavy atom. The molecule has 0 aliphatic carbocycles. The van der Waals surface area contributed by atoms with Gasteiger partial charge in [0.05, 0.1) is 13.7 Å². The molecule has 0 N–H and O–H groups in total.